The van der Waals surface area contributed by atoms with E-state index in [2.05, 4.69) is 20.3 Å². The molecule has 27 heavy (non-hydrogen) atoms. The molecule has 0 aliphatic carbocycles. The molecule has 0 spiro atoms. The van der Waals surface area contributed by atoms with Crippen LogP contribution in [0.3, 0.4) is 0 Å². The zero-order valence-electron chi connectivity index (χ0n) is 15.4. The molecule has 1 unspecified atom stereocenters. The van der Waals surface area contributed by atoms with Crippen LogP contribution in [0.1, 0.15) is 46.9 Å². The number of hydrogen-bond donors (Lipinski definition) is 0. The molecule has 4 rings (SSSR count). The van der Waals surface area contributed by atoms with Gasteiger partial charge in [0, 0.05) is 37.0 Å². The van der Waals surface area contributed by atoms with Gasteiger partial charge in [0.25, 0.3) is 11.8 Å². The van der Waals surface area contributed by atoms with Crippen molar-refractivity contribution in [3.8, 4) is 11.5 Å². The summed E-state index contributed by atoms with van der Waals surface area (Å²) in [5.41, 5.74) is 2.07. The fourth-order valence-electron chi connectivity index (χ4n) is 3.60. The zero-order valence-corrected chi connectivity index (χ0v) is 15.4. The van der Waals surface area contributed by atoms with Crippen LogP contribution in [-0.4, -0.2) is 43.7 Å². The quantitative estimate of drug-likeness (QED) is 0.683. The summed E-state index contributed by atoms with van der Waals surface area (Å²) < 4.78 is 10.5. The van der Waals surface area contributed by atoms with Crippen molar-refractivity contribution < 1.29 is 13.8 Å². The predicted octanol–water partition coefficient (Wildman–Crippen LogP) is 2.97. The number of carbonyl (C=O) groups excluding carboxylic acids is 1. The molecule has 1 aliphatic rings. The van der Waals surface area contributed by atoms with Crippen LogP contribution in [0, 0.1) is 13.8 Å². The summed E-state index contributed by atoms with van der Waals surface area (Å²) in [7, 11) is 0. The Kier molecular flexibility index (Phi) is 4.70. The number of rotatable bonds is 5. The second kappa shape index (κ2) is 7.30. The molecule has 1 aliphatic heterocycles. The first kappa shape index (κ1) is 17.4. The number of amides is 1. The molecule has 0 saturated carbocycles. The maximum Gasteiger partial charge on any atom is 0.259 e. The molecule has 0 bridgehead atoms. The van der Waals surface area contributed by atoms with E-state index in [4.69, 9.17) is 9.05 Å². The van der Waals surface area contributed by atoms with Gasteiger partial charge in [-0.25, -0.2) is 0 Å². The van der Waals surface area contributed by atoms with Crippen LogP contribution >= 0.6 is 0 Å². The summed E-state index contributed by atoms with van der Waals surface area (Å²) in [6.07, 6.45) is 6.80. The molecule has 1 fully saturated rings. The van der Waals surface area contributed by atoms with Crippen LogP contribution in [-0.2, 0) is 6.42 Å². The maximum absolute atomic E-state index is 12.9. The van der Waals surface area contributed by atoms with Crippen molar-refractivity contribution >= 4 is 5.91 Å². The summed E-state index contributed by atoms with van der Waals surface area (Å²) in [6.45, 7) is 4.33. The Morgan fingerprint density at radius 1 is 1.22 bits per heavy atom. The minimum Gasteiger partial charge on any atom is -0.361 e. The van der Waals surface area contributed by atoms with Gasteiger partial charge in [0.2, 0.25) is 0 Å². The fraction of sp³-hybridized carbons (Fsp3) is 0.421. The Balaban J connectivity index is 1.42. The molecule has 0 aromatic carbocycles. The summed E-state index contributed by atoms with van der Waals surface area (Å²) in [6, 6.07) is 3.82. The van der Waals surface area contributed by atoms with E-state index in [-0.39, 0.29) is 11.9 Å². The maximum atomic E-state index is 12.9. The predicted molar refractivity (Wildman–Crippen MR) is 95.9 cm³/mol. The van der Waals surface area contributed by atoms with Crippen molar-refractivity contribution in [2.75, 3.05) is 6.54 Å². The molecule has 3 aromatic rings. The highest BCUT2D eigenvalue weighted by atomic mass is 16.5. The van der Waals surface area contributed by atoms with E-state index in [0.29, 0.717) is 35.2 Å². The van der Waals surface area contributed by atoms with Gasteiger partial charge in [-0.15, -0.1) is 0 Å². The molecular formula is C19H21N5O3. The van der Waals surface area contributed by atoms with E-state index in [0.717, 1.165) is 31.4 Å². The third-order valence-electron chi connectivity index (χ3n) is 4.98. The third-order valence-corrected chi connectivity index (χ3v) is 4.98. The van der Waals surface area contributed by atoms with Gasteiger partial charge in [-0.05, 0) is 45.2 Å². The van der Waals surface area contributed by atoms with Gasteiger partial charge in [0.1, 0.15) is 11.3 Å². The SMILES string of the molecule is Cc1noc(C)c1C(=O)N1CCCC1CCc1noc(-c2ccncc2)n1. The molecule has 8 heteroatoms. The van der Waals surface area contributed by atoms with Crippen LogP contribution in [0.4, 0.5) is 0 Å². The standard InChI is InChI=1S/C19H21N5O3/c1-12-17(13(2)26-22-12)19(25)24-11-3-4-15(24)5-6-16-21-18(27-23-16)14-7-9-20-10-8-14/h7-10,15H,3-6,11H2,1-2H3. The van der Waals surface area contributed by atoms with Gasteiger partial charge >= 0.3 is 0 Å². The van der Waals surface area contributed by atoms with Crippen molar-refractivity contribution in [2.45, 2.75) is 45.6 Å². The smallest absolute Gasteiger partial charge is 0.259 e. The Hall–Kier alpha value is -3.03. The largest absolute Gasteiger partial charge is 0.361 e. The van der Waals surface area contributed by atoms with Crippen molar-refractivity contribution in [3.05, 3.63) is 47.4 Å². The van der Waals surface area contributed by atoms with Crippen LogP contribution in [0.25, 0.3) is 11.5 Å². The number of aryl methyl sites for hydroxylation is 3. The second-order valence-corrected chi connectivity index (χ2v) is 6.78. The first-order valence-electron chi connectivity index (χ1n) is 9.10. The number of nitrogens with zero attached hydrogens (tertiary/aromatic N) is 5. The Labute approximate surface area is 156 Å². The number of carbonyl (C=O) groups is 1. The lowest BCUT2D eigenvalue weighted by Crippen LogP contribution is -2.36. The first-order chi connectivity index (χ1) is 13.1. The Bertz CT molecular complexity index is 914. The first-order valence-corrected chi connectivity index (χ1v) is 9.10. The fourth-order valence-corrected chi connectivity index (χ4v) is 3.60. The summed E-state index contributed by atoms with van der Waals surface area (Å²) in [4.78, 5) is 23.3. The molecule has 1 amide bonds. The van der Waals surface area contributed by atoms with Crippen molar-refractivity contribution in [3.63, 3.8) is 0 Å². The van der Waals surface area contributed by atoms with Gasteiger partial charge in [0.05, 0.1) is 5.69 Å². The number of aromatic nitrogens is 4. The van der Waals surface area contributed by atoms with Crippen LogP contribution in [0.15, 0.2) is 33.6 Å². The van der Waals surface area contributed by atoms with E-state index in [1.165, 1.54) is 0 Å². The van der Waals surface area contributed by atoms with E-state index in [9.17, 15) is 4.79 Å². The molecule has 8 nitrogen and oxygen atoms in total. The van der Waals surface area contributed by atoms with E-state index in [1.54, 1.807) is 26.2 Å². The number of likely N-dealkylation sites (tertiary alicyclic amines) is 1. The lowest BCUT2D eigenvalue weighted by molar-refractivity contribution is 0.0728. The average molecular weight is 367 g/mol. The molecule has 140 valence electrons. The lowest BCUT2D eigenvalue weighted by atomic mass is 10.1. The van der Waals surface area contributed by atoms with E-state index >= 15 is 0 Å². The number of hydrogen-bond acceptors (Lipinski definition) is 7. The molecule has 4 heterocycles. The van der Waals surface area contributed by atoms with Gasteiger partial charge in [-0.3, -0.25) is 9.78 Å². The van der Waals surface area contributed by atoms with Crippen LogP contribution in [0.2, 0.25) is 0 Å². The summed E-state index contributed by atoms with van der Waals surface area (Å²) in [5, 5.41) is 7.97. The highest BCUT2D eigenvalue weighted by Gasteiger charge is 2.32. The van der Waals surface area contributed by atoms with Crippen molar-refractivity contribution in [1.82, 2.24) is 25.2 Å². The normalized spacial score (nSPS) is 16.8. The monoisotopic (exact) mass is 367 g/mol. The second-order valence-electron chi connectivity index (χ2n) is 6.78. The van der Waals surface area contributed by atoms with Gasteiger partial charge in [0.15, 0.2) is 5.82 Å². The van der Waals surface area contributed by atoms with Gasteiger partial charge in [-0.1, -0.05) is 10.3 Å². The molecule has 0 radical (unpaired) electrons. The van der Waals surface area contributed by atoms with E-state index in [1.807, 2.05) is 17.0 Å². The van der Waals surface area contributed by atoms with Crippen molar-refractivity contribution in [2.24, 2.45) is 0 Å². The summed E-state index contributed by atoms with van der Waals surface area (Å²) in [5.74, 6) is 1.71. The third kappa shape index (κ3) is 3.47. The highest BCUT2D eigenvalue weighted by Crippen LogP contribution is 2.26. The Morgan fingerprint density at radius 2 is 2.04 bits per heavy atom. The topological polar surface area (TPSA) is 98.2 Å². The van der Waals surface area contributed by atoms with Gasteiger partial charge < -0.3 is 13.9 Å². The molecule has 1 saturated heterocycles. The van der Waals surface area contributed by atoms with E-state index < -0.39 is 0 Å². The summed E-state index contributed by atoms with van der Waals surface area (Å²) >= 11 is 0. The molecular weight excluding hydrogens is 346 g/mol. The highest BCUT2D eigenvalue weighted by molar-refractivity contribution is 5.96. The number of pyridine rings is 1. The molecule has 0 N–H and O–H groups in total. The minimum absolute atomic E-state index is 0.000614. The zero-order chi connectivity index (χ0) is 18.8. The minimum atomic E-state index is -0.000614. The van der Waals surface area contributed by atoms with Crippen LogP contribution in [0.5, 0.6) is 0 Å². The molecule has 3 aromatic heterocycles. The van der Waals surface area contributed by atoms with Gasteiger partial charge in [-0.2, -0.15) is 4.98 Å². The van der Waals surface area contributed by atoms with Crippen molar-refractivity contribution in [1.29, 1.82) is 0 Å². The Morgan fingerprint density at radius 3 is 2.78 bits per heavy atom. The van der Waals surface area contributed by atoms with Crippen LogP contribution < -0.4 is 0 Å². The lowest BCUT2D eigenvalue weighted by Gasteiger charge is -2.24. The average Bonchev–Trinajstić information content (AvgIpc) is 3.41. The molecule has 1 atom stereocenters.